The van der Waals surface area contributed by atoms with Gasteiger partial charge < -0.3 is 0 Å². The number of hydrogen-bond acceptors (Lipinski definition) is 5. The highest BCUT2D eigenvalue weighted by molar-refractivity contribution is 7.85. The number of nitrogens with zero attached hydrogens (tertiary/aromatic N) is 2. The Morgan fingerprint density at radius 3 is 1.85 bits per heavy atom. The predicted molar refractivity (Wildman–Crippen MR) is 101 cm³/mol. The third-order valence-corrected chi connectivity index (χ3v) is 4.72. The molecule has 0 aliphatic carbocycles. The highest BCUT2D eigenvalue weighted by Gasteiger charge is 2.26. The average molecular weight is 372 g/mol. The van der Waals surface area contributed by atoms with Gasteiger partial charge in [-0.1, -0.05) is 60.7 Å². The van der Waals surface area contributed by atoms with Crippen molar-refractivity contribution in [3.63, 3.8) is 0 Å². The van der Waals surface area contributed by atoms with Gasteiger partial charge in [-0.2, -0.15) is 13.7 Å². The van der Waals surface area contributed by atoms with Gasteiger partial charge in [0.05, 0.1) is 30.9 Å². The van der Waals surface area contributed by atoms with Crippen LogP contribution in [0.2, 0.25) is 0 Å². The van der Waals surface area contributed by atoms with Gasteiger partial charge in [0.1, 0.15) is 0 Å². The Bertz CT molecular complexity index is 776. The van der Waals surface area contributed by atoms with Crippen LogP contribution >= 0.6 is 0 Å². The molecule has 26 heavy (non-hydrogen) atoms. The topological polar surface area (TPSA) is 70.4 Å². The molecule has 2 rings (SSSR count). The molecular formula is C20H24N2O3S. The molecule has 2 atom stereocenters. The normalized spacial score (nSPS) is 13.9. The van der Waals surface area contributed by atoms with Crippen LogP contribution in [0.5, 0.6) is 0 Å². The molecule has 0 unspecified atom stereocenters. The maximum absolute atomic E-state index is 11.5. The molecule has 0 N–H and O–H groups in total. The van der Waals surface area contributed by atoms with E-state index in [-0.39, 0.29) is 18.6 Å². The highest BCUT2D eigenvalue weighted by Crippen LogP contribution is 2.19. The Kier molecular flexibility index (Phi) is 7.34. The molecule has 0 amide bonds. The van der Waals surface area contributed by atoms with E-state index in [0.717, 1.165) is 17.4 Å². The van der Waals surface area contributed by atoms with Crippen LogP contribution in [-0.2, 0) is 27.4 Å². The average Bonchev–Trinajstić information content (AvgIpc) is 2.62. The molecule has 6 heteroatoms. The summed E-state index contributed by atoms with van der Waals surface area (Å²) >= 11 is 0. The number of nitriles is 1. The Hall–Kier alpha value is -2.20. The first-order valence-electron chi connectivity index (χ1n) is 8.45. The molecule has 0 saturated carbocycles. The van der Waals surface area contributed by atoms with Gasteiger partial charge in [0.2, 0.25) is 0 Å². The summed E-state index contributed by atoms with van der Waals surface area (Å²) in [6, 6.07) is 21.7. The zero-order chi connectivity index (χ0) is 19.0. The van der Waals surface area contributed by atoms with Gasteiger partial charge in [-0.05, 0) is 18.1 Å². The van der Waals surface area contributed by atoms with Gasteiger partial charge in [-0.3, -0.25) is 9.08 Å². The lowest BCUT2D eigenvalue weighted by molar-refractivity contribution is 0.101. The van der Waals surface area contributed by atoms with E-state index in [1.807, 2.05) is 60.7 Å². The van der Waals surface area contributed by atoms with E-state index >= 15 is 0 Å². The SMILES string of the molecule is C[C@H](C#N)[C@H](COS(C)(=O)=O)N(Cc1ccccc1)Cc1ccccc1. The first kappa shape index (κ1) is 20.1. The first-order chi connectivity index (χ1) is 12.4. The lowest BCUT2D eigenvalue weighted by atomic mass is 10.0. The van der Waals surface area contributed by atoms with Crippen LogP contribution < -0.4 is 0 Å². The third kappa shape index (κ3) is 6.60. The number of rotatable bonds is 9. The lowest BCUT2D eigenvalue weighted by Gasteiger charge is -2.33. The fourth-order valence-corrected chi connectivity index (χ4v) is 3.16. The molecular weight excluding hydrogens is 348 g/mol. The van der Waals surface area contributed by atoms with Crippen LogP contribution in [0, 0.1) is 17.2 Å². The molecule has 138 valence electrons. The Morgan fingerprint density at radius 1 is 1.00 bits per heavy atom. The van der Waals surface area contributed by atoms with Crippen LogP contribution in [0.4, 0.5) is 0 Å². The van der Waals surface area contributed by atoms with E-state index < -0.39 is 10.1 Å². The number of hydrogen-bond donors (Lipinski definition) is 0. The Morgan fingerprint density at radius 2 is 1.46 bits per heavy atom. The molecule has 0 radical (unpaired) electrons. The minimum atomic E-state index is -3.58. The van der Waals surface area contributed by atoms with Crippen molar-refractivity contribution >= 4 is 10.1 Å². The summed E-state index contributed by atoms with van der Waals surface area (Å²) < 4.78 is 28.0. The molecule has 0 bridgehead atoms. The Labute approximate surface area is 156 Å². The molecule has 0 fully saturated rings. The summed E-state index contributed by atoms with van der Waals surface area (Å²) in [6.07, 6.45) is 1.03. The van der Waals surface area contributed by atoms with Crippen molar-refractivity contribution in [3.05, 3.63) is 71.8 Å². The van der Waals surface area contributed by atoms with E-state index in [2.05, 4.69) is 11.0 Å². The molecule has 2 aromatic rings. The van der Waals surface area contributed by atoms with Crippen molar-refractivity contribution in [3.8, 4) is 6.07 Å². The van der Waals surface area contributed by atoms with Gasteiger partial charge in [0, 0.05) is 13.1 Å². The minimum absolute atomic E-state index is 0.0484. The van der Waals surface area contributed by atoms with Crippen molar-refractivity contribution < 1.29 is 12.6 Å². The van der Waals surface area contributed by atoms with Gasteiger partial charge >= 0.3 is 0 Å². The summed E-state index contributed by atoms with van der Waals surface area (Å²) in [5.74, 6) is -0.385. The molecule has 0 aromatic heterocycles. The zero-order valence-corrected chi connectivity index (χ0v) is 15.9. The van der Waals surface area contributed by atoms with Gasteiger partial charge in [0.25, 0.3) is 10.1 Å². The van der Waals surface area contributed by atoms with Crippen LogP contribution in [0.15, 0.2) is 60.7 Å². The van der Waals surface area contributed by atoms with E-state index in [1.165, 1.54) is 0 Å². The lowest BCUT2D eigenvalue weighted by Crippen LogP contribution is -2.42. The number of benzene rings is 2. The summed E-state index contributed by atoms with van der Waals surface area (Å²) in [7, 11) is -3.58. The van der Waals surface area contributed by atoms with E-state index in [1.54, 1.807) is 6.92 Å². The second-order valence-corrected chi connectivity index (χ2v) is 7.99. The van der Waals surface area contributed by atoms with E-state index in [9.17, 15) is 13.7 Å². The monoisotopic (exact) mass is 372 g/mol. The van der Waals surface area contributed by atoms with Crippen molar-refractivity contribution in [1.82, 2.24) is 4.90 Å². The van der Waals surface area contributed by atoms with E-state index in [0.29, 0.717) is 13.1 Å². The van der Waals surface area contributed by atoms with Gasteiger partial charge in [-0.15, -0.1) is 0 Å². The largest absolute Gasteiger partial charge is 0.288 e. The molecule has 0 spiro atoms. The maximum atomic E-state index is 11.5. The maximum Gasteiger partial charge on any atom is 0.264 e. The summed E-state index contributed by atoms with van der Waals surface area (Å²) in [5, 5.41) is 9.43. The minimum Gasteiger partial charge on any atom is -0.288 e. The second kappa shape index (κ2) is 9.48. The zero-order valence-electron chi connectivity index (χ0n) is 15.1. The smallest absolute Gasteiger partial charge is 0.264 e. The molecule has 5 nitrogen and oxygen atoms in total. The summed E-state index contributed by atoms with van der Waals surface area (Å²) in [6.45, 7) is 2.94. The summed E-state index contributed by atoms with van der Waals surface area (Å²) in [4.78, 5) is 2.10. The third-order valence-electron chi connectivity index (χ3n) is 4.16. The molecule has 0 aliphatic heterocycles. The van der Waals surface area contributed by atoms with Gasteiger partial charge in [-0.25, -0.2) is 0 Å². The fourth-order valence-electron chi connectivity index (χ4n) is 2.77. The standard InChI is InChI=1S/C20H24N2O3S/c1-17(13-21)20(16-25-26(2,23)24)22(14-18-9-5-3-6-10-18)15-19-11-7-4-8-12-19/h3-12,17,20H,14-16H2,1-2H3/t17-,20+/m1/s1. The fraction of sp³-hybridized carbons (Fsp3) is 0.350. The van der Waals surface area contributed by atoms with Crippen LogP contribution in [0.25, 0.3) is 0 Å². The van der Waals surface area contributed by atoms with Crippen LogP contribution in [0.3, 0.4) is 0 Å². The van der Waals surface area contributed by atoms with E-state index in [4.69, 9.17) is 4.18 Å². The van der Waals surface area contributed by atoms with Crippen molar-refractivity contribution in [1.29, 1.82) is 5.26 Å². The predicted octanol–water partition coefficient (Wildman–Crippen LogP) is 3.19. The van der Waals surface area contributed by atoms with Crippen LogP contribution in [0.1, 0.15) is 18.1 Å². The molecule has 0 heterocycles. The second-order valence-electron chi connectivity index (χ2n) is 6.35. The molecule has 0 aliphatic rings. The quantitative estimate of drug-likeness (QED) is 0.632. The van der Waals surface area contributed by atoms with Crippen molar-refractivity contribution in [2.75, 3.05) is 12.9 Å². The Balaban J connectivity index is 2.28. The highest BCUT2D eigenvalue weighted by atomic mass is 32.2. The van der Waals surface area contributed by atoms with Crippen molar-refractivity contribution in [2.45, 2.75) is 26.1 Å². The summed E-state index contributed by atoms with van der Waals surface area (Å²) in [5.41, 5.74) is 2.19. The van der Waals surface area contributed by atoms with Crippen LogP contribution in [-0.4, -0.2) is 32.2 Å². The van der Waals surface area contributed by atoms with Crippen molar-refractivity contribution in [2.24, 2.45) is 5.92 Å². The molecule has 0 saturated heterocycles. The first-order valence-corrected chi connectivity index (χ1v) is 10.3. The molecule has 2 aromatic carbocycles. The van der Waals surface area contributed by atoms with Gasteiger partial charge in [0.15, 0.2) is 0 Å².